The molecular weight excluding hydrogens is 393 g/mol. The summed E-state index contributed by atoms with van der Waals surface area (Å²) in [6.07, 6.45) is 7.37. The van der Waals surface area contributed by atoms with Crippen molar-refractivity contribution < 1.29 is 9.18 Å². The summed E-state index contributed by atoms with van der Waals surface area (Å²) in [5.74, 6) is 0.0747. The van der Waals surface area contributed by atoms with Crippen molar-refractivity contribution in [3.05, 3.63) is 70.9 Å². The molecule has 1 aromatic carbocycles. The standard InChI is InChI=1S/C21H23ClFN5O/c1-26-21(28-11-4-5-12-28)15(13-25-26)20(29)24-14-18(27-9-2-3-10-27)19-16(22)7-6-8-17(19)23/h4-8,11-13,18H,2-3,9-10,14H2,1H3,(H,24,29). The van der Waals surface area contributed by atoms with Crippen LogP contribution in [0.3, 0.4) is 0 Å². The van der Waals surface area contributed by atoms with Crippen molar-refractivity contribution in [1.29, 1.82) is 0 Å². The normalized spacial score (nSPS) is 15.6. The number of hydrogen-bond donors (Lipinski definition) is 1. The van der Waals surface area contributed by atoms with Gasteiger partial charge in [0.15, 0.2) is 0 Å². The first-order valence-electron chi connectivity index (χ1n) is 9.67. The Hall–Kier alpha value is -2.64. The lowest BCUT2D eigenvalue weighted by Gasteiger charge is -2.29. The number of nitrogens with one attached hydrogen (secondary N) is 1. The van der Waals surface area contributed by atoms with E-state index in [0.29, 0.717) is 22.0 Å². The van der Waals surface area contributed by atoms with Crippen LogP contribution in [0.25, 0.3) is 5.82 Å². The third-order valence-electron chi connectivity index (χ3n) is 5.37. The van der Waals surface area contributed by atoms with Crippen molar-refractivity contribution in [1.82, 2.24) is 24.6 Å². The molecule has 2 aromatic heterocycles. The van der Waals surface area contributed by atoms with Crippen molar-refractivity contribution in [3.63, 3.8) is 0 Å². The highest BCUT2D eigenvalue weighted by molar-refractivity contribution is 6.31. The lowest BCUT2D eigenvalue weighted by atomic mass is 10.0. The largest absolute Gasteiger partial charge is 0.350 e. The van der Waals surface area contributed by atoms with E-state index in [0.717, 1.165) is 25.9 Å². The van der Waals surface area contributed by atoms with Gasteiger partial charge in [0, 0.05) is 36.6 Å². The molecule has 3 heterocycles. The van der Waals surface area contributed by atoms with Crippen LogP contribution in [-0.4, -0.2) is 44.8 Å². The van der Waals surface area contributed by atoms with E-state index in [1.165, 1.54) is 6.07 Å². The zero-order valence-electron chi connectivity index (χ0n) is 16.2. The molecule has 4 rings (SSSR count). The SMILES string of the molecule is Cn1ncc(C(=O)NCC(c2c(F)cccc2Cl)N2CCCC2)c1-n1cccc1. The molecule has 1 aliphatic heterocycles. The van der Waals surface area contributed by atoms with Gasteiger partial charge < -0.3 is 9.88 Å². The molecule has 0 bridgehead atoms. The van der Waals surface area contributed by atoms with Crippen molar-refractivity contribution >= 4 is 17.5 Å². The van der Waals surface area contributed by atoms with Crippen LogP contribution in [0.2, 0.25) is 5.02 Å². The lowest BCUT2D eigenvalue weighted by molar-refractivity contribution is 0.0937. The van der Waals surface area contributed by atoms with Gasteiger partial charge in [-0.25, -0.2) is 4.39 Å². The van der Waals surface area contributed by atoms with Crippen molar-refractivity contribution in [2.24, 2.45) is 7.05 Å². The number of carbonyl (C=O) groups is 1. The molecule has 3 aromatic rings. The average Bonchev–Trinajstić information content (AvgIpc) is 3.44. The van der Waals surface area contributed by atoms with Crippen LogP contribution in [0.5, 0.6) is 0 Å². The Morgan fingerprint density at radius 2 is 1.97 bits per heavy atom. The van der Waals surface area contributed by atoms with Gasteiger partial charge in [0.1, 0.15) is 17.2 Å². The molecular formula is C21H23ClFN5O. The minimum atomic E-state index is -0.349. The van der Waals surface area contributed by atoms with E-state index in [1.54, 1.807) is 30.1 Å². The first kappa shape index (κ1) is 19.7. The maximum absolute atomic E-state index is 14.6. The topological polar surface area (TPSA) is 55.1 Å². The minimum absolute atomic E-state index is 0.251. The molecule has 6 nitrogen and oxygen atoms in total. The highest BCUT2D eigenvalue weighted by Gasteiger charge is 2.29. The van der Waals surface area contributed by atoms with E-state index >= 15 is 0 Å². The predicted molar refractivity (Wildman–Crippen MR) is 110 cm³/mol. The van der Waals surface area contributed by atoms with Crippen LogP contribution in [0.4, 0.5) is 4.39 Å². The van der Waals surface area contributed by atoms with Gasteiger partial charge in [0.05, 0.1) is 12.2 Å². The second kappa shape index (κ2) is 8.39. The molecule has 1 N–H and O–H groups in total. The Kier molecular flexibility index (Phi) is 5.69. The fraction of sp³-hybridized carbons (Fsp3) is 0.333. The zero-order valence-corrected chi connectivity index (χ0v) is 16.9. The predicted octanol–water partition coefficient (Wildman–Crippen LogP) is 3.57. The molecule has 1 aliphatic rings. The minimum Gasteiger partial charge on any atom is -0.350 e. The fourth-order valence-corrected chi connectivity index (χ4v) is 4.24. The van der Waals surface area contributed by atoms with Crippen LogP contribution in [0, 0.1) is 5.82 Å². The van der Waals surface area contributed by atoms with Gasteiger partial charge in [0.25, 0.3) is 5.91 Å². The van der Waals surface area contributed by atoms with Gasteiger partial charge in [-0.15, -0.1) is 0 Å². The van der Waals surface area contributed by atoms with Crippen LogP contribution in [-0.2, 0) is 7.05 Å². The Balaban J connectivity index is 1.58. The molecule has 29 heavy (non-hydrogen) atoms. The van der Waals surface area contributed by atoms with E-state index in [9.17, 15) is 9.18 Å². The number of aromatic nitrogens is 3. The number of hydrogen-bond acceptors (Lipinski definition) is 3. The fourth-order valence-electron chi connectivity index (χ4n) is 3.95. The summed E-state index contributed by atoms with van der Waals surface area (Å²) in [4.78, 5) is 15.2. The number of rotatable bonds is 6. The Morgan fingerprint density at radius 3 is 2.66 bits per heavy atom. The molecule has 0 radical (unpaired) electrons. The molecule has 0 spiro atoms. The summed E-state index contributed by atoms with van der Waals surface area (Å²) >= 11 is 6.34. The Labute approximate surface area is 173 Å². The van der Waals surface area contributed by atoms with E-state index in [2.05, 4.69) is 15.3 Å². The van der Waals surface area contributed by atoms with Crippen LogP contribution in [0.1, 0.15) is 34.8 Å². The van der Waals surface area contributed by atoms with Crippen LogP contribution in [0.15, 0.2) is 48.9 Å². The van der Waals surface area contributed by atoms with Gasteiger partial charge in [-0.3, -0.25) is 14.4 Å². The number of aryl methyl sites for hydroxylation is 1. The van der Waals surface area contributed by atoms with Gasteiger partial charge in [-0.1, -0.05) is 17.7 Å². The lowest BCUT2D eigenvalue weighted by Crippen LogP contribution is -2.37. The van der Waals surface area contributed by atoms with Crippen molar-refractivity contribution in [2.45, 2.75) is 18.9 Å². The van der Waals surface area contributed by atoms with Gasteiger partial charge in [-0.2, -0.15) is 5.10 Å². The summed E-state index contributed by atoms with van der Waals surface area (Å²) in [6, 6.07) is 8.16. The molecule has 8 heteroatoms. The zero-order chi connectivity index (χ0) is 20.4. The highest BCUT2D eigenvalue weighted by atomic mass is 35.5. The molecule has 1 saturated heterocycles. The number of nitrogens with zero attached hydrogens (tertiary/aromatic N) is 4. The molecule has 1 atom stereocenters. The maximum atomic E-state index is 14.6. The van der Waals surface area contributed by atoms with E-state index in [4.69, 9.17) is 11.6 Å². The summed E-state index contributed by atoms with van der Waals surface area (Å²) in [5.41, 5.74) is 0.900. The number of carbonyl (C=O) groups excluding carboxylic acids is 1. The quantitative estimate of drug-likeness (QED) is 0.669. The summed E-state index contributed by atoms with van der Waals surface area (Å²) in [5, 5.41) is 7.58. The van der Waals surface area contributed by atoms with Gasteiger partial charge in [0.2, 0.25) is 0 Å². The molecule has 1 fully saturated rings. The monoisotopic (exact) mass is 415 g/mol. The number of amides is 1. The molecule has 1 unspecified atom stereocenters. The Morgan fingerprint density at radius 1 is 1.24 bits per heavy atom. The second-order valence-corrected chi connectivity index (χ2v) is 7.61. The van der Waals surface area contributed by atoms with E-state index in [1.807, 2.05) is 29.1 Å². The summed E-state index contributed by atoms with van der Waals surface area (Å²) in [7, 11) is 1.79. The maximum Gasteiger partial charge on any atom is 0.256 e. The second-order valence-electron chi connectivity index (χ2n) is 7.20. The van der Waals surface area contributed by atoms with Gasteiger partial charge >= 0.3 is 0 Å². The third-order valence-corrected chi connectivity index (χ3v) is 5.70. The first-order valence-corrected chi connectivity index (χ1v) is 10.1. The highest BCUT2D eigenvalue weighted by Crippen LogP contribution is 2.32. The van der Waals surface area contributed by atoms with Crippen LogP contribution < -0.4 is 5.32 Å². The van der Waals surface area contributed by atoms with Crippen LogP contribution >= 0.6 is 11.6 Å². The number of likely N-dealkylation sites (tertiary alicyclic amines) is 1. The summed E-state index contributed by atoms with van der Waals surface area (Å²) < 4.78 is 18.1. The van der Waals surface area contributed by atoms with Crippen molar-refractivity contribution in [2.75, 3.05) is 19.6 Å². The molecule has 152 valence electrons. The number of benzene rings is 1. The first-order chi connectivity index (χ1) is 14.1. The van der Waals surface area contributed by atoms with E-state index in [-0.39, 0.29) is 24.3 Å². The molecule has 0 aliphatic carbocycles. The summed E-state index contributed by atoms with van der Waals surface area (Å²) in [6.45, 7) is 1.97. The number of halogens is 2. The Bertz CT molecular complexity index is 974. The third kappa shape index (κ3) is 3.93. The molecule has 0 saturated carbocycles. The van der Waals surface area contributed by atoms with E-state index < -0.39 is 0 Å². The smallest absolute Gasteiger partial charge is 0.256 e. The molecule has 1 amide bonds. The van der Waals surface area contributed by atoms with Gasteiger partial charge in [-0.05, 0) is 50.2 Å². The van der Waals surface area contributed by atoms with Crippen molar-refractivity contribution in [3.8, 4) is 5.82 Å². The average molecular weight is 416 g/mol.